The number of nitrogens with one attached hydrogen (secondary N) is 1. The standard InChI is InChI=1S/C24H33N3O4S/c1-5-26(4)17-21-8-6-7-20(13-21)14-25-24(28)22-9-11-23(12-10-22)32(29,30)27-15-18(2)31-19(3)16-27/h6-13,18-19H,5,14-17H2,1-4H3,(H,25,28). The molecule has 0 saturated carbocycles. The summed E-state index contributed by atoms with van der Waals surface area (Å²) in [5.74, 6) is -0.237. The van der Waals surface area contributed by atoms with Crippen LogP contribution in [0.1, 0.15) is 42.3 Å². The molecule has 0 bridgehead atoms. The van der Waals surface area contributed by atoms with Crippen molar-refractivity contribution in [2.24, 2.45) is 0 Å². The van der Waals surface area contributed by atoms with E-state index in [4.69, 9.17) is 4.74 Å². The molecule has 1 saturated heterocycles. The van der Waals surface area contributed by atoms with Gasteiger partial charge in [0.2, 0.25) is 10.0 Å². The predicted molar refractivity (Wildman–Crippen MR) is 125 cm³/mol. The maximum absolute atomic E-state index is 13.0. The molecule has 2 unspecified atom stereocenters. The van der Waals surface area contributed by atoms with Gasteiger partial charge in [0.1, 0.15) is 0 Å². The monoisotopic (exact) mass is 459 g/mol. The highest BCUT2D eigenvalue weighted by molar-refractivity contribution is 7.89. The van der Waals surface area contributed by atoms with E-state index >= 15 is 0 Å². The zero-order valence-electron chi connectivity index (χ0n) is 19.2. The van der Waals surface area contributed by atoms with Crippen molar-refractivity contribution in [1.82, 2.24) is 14.5 Å². The number of sulfonamides is 1. The average Bonchev–Trinajstić information content (AvgIpc) is 2.77. The summed E-state index contributed by atoms with van der Waals surface area (Å²) >= 11 is 0. The van der Waals surface area contributed by atoms with Crippen LogP contribution in [0.4, 0.5) is 0 Å². The fourth-order valence-electron chi connectivity index (χ4n) is 3.80. The normalized spacial score (nSPS) is 19.8. The number of ether oxygens (including phenoxy) is 1. The van der Waals surface area contributed by atoms with Crippen LogP contribution in [-0.4, -0.2) is 62.4 Å². The van der Waals surface area contributed by atoms with E-state index in [9.17, 15) is 13.2 Å². The SMILES string of the molecule is CCN(C)Cc1cccc(CNC(=O)c2ccc(S(=O)(=O)N3CC(C)OC(C)C3)cc2)c1. The van der Waals surface area contributed by atoms with Crippen molar-refractivity contribution in [3.8, 4) is 0 Å². The van der Waals surface area contributed by atoms with E-state index in [0.717, 1.165) is 18.7 Å². The number of carbonyl (C=O) groups excluding carboxylic acids is 1. The van der Waals surface area contributed by atoms with Crippen LogP contribution in [0.25, 0.3) is 0 Å². The molecule has 174 valence electrons. The Labute approximate surface area is 191 Å². The molecule has 32 heavy (non-hydrogen) atoms. The summed E-state index contributed by atoms with van der Waals surface area (Å²) in [6.45, 7) is 8.72. The molecule has 1 heterocycles. The number of hydrogen-bond donors (Lipinski definition) is 1. The molecule has 0 aromatic heterocycles. The first-order valence-corrected chi connectivity index (χ1v) is 12.4. The summed E-state index contributed by atoms with van der Waals surface area (Å²) in [5.41, 5.74) is 2.65. The van der Waals surface area contributed by atoms with Crippen molar-refractivity contribution in [2.45, 2.75) is 51.0 Å². The summed E-state index contributed by atoms with van der Waals surface area (Å²) in [6.07, 6.45) is -0.307. The van der Waals surface area contributed by atoms with Crippen molar-refractivity contribution in [2.75, 3.05) is 26.7 Å². The predicted octanol–water partition coefficient (Wildman–Crippen LogP) is 2.87. The molecule has 7 nitrogen and oxygen atoms in total. The number of hydrogen-bond acceptors (Lipinski definition) is 5. The van der Waals surface area contributed by atoms with E-state index in [2.05, 4.69) is 36.3 Å². The first-order chi connectivity index (χ1) is 15.2. The van der Waals surface area contributed by atoms with Gasteiger partial charge < -0.3 is 15.0 Å². The second kappa shape index (κ2) is 10.6. The highest BCUT2D eigenvalue weighted by Crippen LogP contribution is 2.21. The van der Waals surface area contributed by atoms with Crippen molar-refractivity contribution < 1.29 is 17.9 Å². The van der Waals surface area contributed by atoms with Gasteiger partial charge in [-0.2, -0.15) is 4.31 Å². The second-order valence-corrected chi connectivity index (χ2v) is 10.4. The molecule has 1 fully saturated rings. The summed E-state index contributed by atoms with van der Waals surface area (Å²) in [4.78, 5) is 15.0. The molecular formula is C24H33N3O4S. The van der Waals surface area contributed by atoms with Crippen LogP contribution >= 0.6 is 0 Å². The lowest BCUT2D eigenvalue weighted by Crippen LogP contribution is -2.48. The van der Waals surface area contributed by atoms with Crippen LogP contribution in [0.3, 0.4) is 0 Å². The highest BCUT2D eigenvalue weighted by Gasteiger charge is 2.32. The first-order valence-electron chi connectivity index (χ1n) is 11.0. The fraction of sp³-hybridized carbons (Fsp3) is 0.458. The minimum Gasteiger partial charge on any atom is -0.373 e. The van der Waals surface area contributed by atoms with Gasteiger partial charge in [-0.05, 0) is 62.8 Å². The van der Waals surface area contributed by atoms with Crippen LogP contribution in [0.2, 0.25) is 0 Å². The Hall–Kier alpha value is -2.26. The van der Waals surface area contributed by atoms with Gasteiger partial charge in [0, 0.05) is 31.7 Å². The number of rotatable bonds is 8. The van der Waals surface area contributed by atoms with E-state index in [-0.39, 0.29) is 23.0 Å². The molecule has 0 aliphatic carbocycles. The molecule has 2 aromatic rings. The topological polar surface area (TPSA) is 79.0 Å². The summed E-state index contributed by atoms with van der Waals surface area (Å²) in [6, 6.07) is 14.2. The van der Waals surface area contributed by atoms with Crippen LogP contribution in [0.15, 0.2) is 53.4 Å². The van der Waals surface area contributed by atoms with E-state index in [0.29, 0.717) is 25.2 Å². The Kier molecular flexibility index (Phi) is 8.05. The van der Waals surface area contributed by atoms with E-state index < -0.39 is 10.0 Å². The summed E-state index contributed by atoms with van der Waals surface area (Å²) in [5, 5.41) is 2.91. The quantitative estimate of drug-likeness (QED) is 0.657. The molecule has 2 aromatic carbocycles. The van der Waals surface area contributed by atoms with Crippen molar-refractivity contribution in [1.29, 1.82) is 0 Å². The molecule has 0 spiro atoms. The van der Waals surface area contributed by atoms with E-state index in [1.165, 1.54) is 22.0 Å². The van der Waals surface area contributed by atoms with Crippen molar-refractivity contribution >= 4 is 15.9 Å². The number of morpholine rings is 1. The lowest BCUT2D eigenvalue weighted by atomic mass is 10.1. The number of benzene rings is 2. The maximum Gasteiger partial charge on any atom is 0.251 e. The number of amides is 1. The van der Waals surface area contributed by atoms with Crippen molar-refractivity contribution in [3.05, 3.63) is 65.2 Å². The first kappa shape index (κ1) is 24.4. The average molecular weight is 460 g/mol. The molecule has 1 amide bonds. The maximum atomic E-state index is 13.0. The Morgan fingerprint density at radius 2 is 1.72 bits per heavy atom. The van der Waals surface area contributed by atoms with Gasteiger partial charge in [0.15, 0.2) is 0 Å². The van der Waals surface area contributed by atoms with Crippen LogP contribution < -0.4 is 5.32 Å². The summed E-state index contributed by atoms with van der Waals surface area (Å²) < 4.78 is 33.0. The lowest BCUT2D eigenvalue weighted by molar-refractivity contribution is -0.0440. The number of carbonyl (C=O) groups is 1. The lowest BCUT2D eigenvalue weighted by Gasteiger charge is -2.34. The van der Waals surface area contributed by atoms with Gasteiger partial charge in [-0.3, -0.25) is 4.79 Å². The van der Waals surface area contributed by atoms with Crippen LogP contribution in [0, 0.1) is 0 Å². The zero-order chi connectivity index (χ0) is 23.3. The third-order valence-electron chi connectivity index (χ3n) is 5.58. The Morgan fingerprint density at radius 1 is 1.09 bits per heavy atom. The molecular weight excluding hydrogens is 426 g/mol. The second-order valence-electron chi connectivity index (χ2n) is 8.44. The third-order valence-corrected chi connectivity index (χ3v) is 7.42. The van der Waals surface area contributed by atoms with Crippen molar-refractivity contribution in [3.63, 3.8) is 0 Å². The van der Waals surface area contributed by atoms with Gasteiger partial charge in [0.25, 0.3) is 5.91 Å². The Bertz CT molecular complexity index is 1010. The Morgan fingerprint density at radius 3 is 2.34 bits per heavy atom. The van der Waals surface area contributed by atoms with Gasteiger partial charge in [-0.15, -0.1) is 0 Å². The van der Waals surface area contributed by atoms with Crippen LogP contribution in [0.5, 0.6) is 0 Å². The van der Waals surface area contributed by atoms with Gasteiger partial charge in [0.05, 0.1) is 17.1 Å². The molecule has 8 heteroatoms. The van der Waals surface area contributed by atoms with Gasteiger partial charge in [-0.25, -0.2) is 8.42 Å². The van der Waals surface area contributed by atoms with Gasteiger partial charge >= 0.3 is 0 Å². The third kappa shape index (κ3) is 6.16. The molecule has 1 N–H and O–H groups in total. The molecule has 2 atom stereocenters. The van der Waals surface area contributed by atoms with Crippen LogP contribution in [-0.2, 0) is 27.8 Å². The zero-order valence-corrected chi connectivity index (χ0v) is 20.1. The number of nitrogens with zero attached hydrogens (tertiary/aromatic N) is 2. The molecule has 1 aliphatic rings. The molecule has 1 aliphatic heterocycles. The smallest absolute Gasteiger partial charge is 0.251 e. The van der Waals surface area contributed by atoms with E-state index in [1.807, 2.05) is 26.0 Å². The minimum atomic E-state index is -3.62. The minimum absolute atomic E-state index is 0.153. The molecule has 0 radical (unpaired) electrons. The van der Waals surface area contributed by atoms with Gasteiger partial charge in [-0.1, -0.05) is 31.2 Å². The van der Waals surface area contributed by atoms with E-state index in [1.54, 1.807) is 12.1 Å². The summed E-state index contributed by atoms with van der Waals surface area (Å²) in [7, 11) is -1.56. The molecule has 3 rings (SSSR count). The fourth-order valence-corrected chi connectivity index (χ4v) is 5.39. The highest BCUT2D eigenvalue weighted by atomic mass is 32.2. The largest absolute Gasteiger partial charge is 0.373 e. The Balaban J connectivity index is 1.62.